The quantitative estimate of drug-likeness (QED) is 0.876. The lowest BCUT2D eigenvalue weighted by atomic mass is 9.96. The summed E-state index contributed by atoms with van der Waals surface area (Å²) in [5.41, 5.74) is 1.06. The van der Waals surface area contributed by atoms with Crippen LogP contribution in [-0.2, 0) is 5.41 Å². The SMILES string of the molecule is CN(CC1CCCC1O)C(=O)NCC1(c2ccc(F)cc2)CC1. The van der Waals surface area contributed by atoms with E-state index in [-0.39, 0.29) is 29.3 Å². The van der Waals surface area contributed by atoms with Crippen LogP contribution >= 0.6 is 0 Å². The molecule has 2 saturated carbocycles. The van der Waals surface area contributed by atoms with Gasteiger partial charge in [-0.2, -0.15) is 0 Å². The van der Waals surface area contributed by atoms with Crippen LogP contribution in [0.25, 0.3) is 0 Å². The monoisotopic (exact) mass is 320 g/mol. The first-order valence-corrected chi connectivity index (χ1v) is 8.43. The maximum atomic E-state index is 13.0. The Hall–Kier alpha value is -1.62. The Morgan fingerprint density at radius 1 is 1.35 bits per heavy atom. The second-order valence-corrected chi connectivity index (χ2v) is 7.08. The van der Waals surface area contributed by atoms with E-state index in [1.54, 1.807) is 11.9 Å². The normalized spacial score (nSPS) is 25.2. The van der Waals surface area contributed by atoms with Crippen molar-refractivity contribution in [1.82, 2.24) is 10.2 Å². The number of urea groups is 1. The number of rotatable bonds is 5. The lowest BCUT2D eigenvalue weighted by molar-refractivity contribution is 0.114. The second-order valence-electron chi connectivity index (χ2n) is 7.08. The van der Waals surface area contributed by atoms with Crippen LogP contribution in [0.3, 0.4) is 0 Å². The Kier molecular flexibility index (Phi) is 4.57. The molecule has 2 N–H and O–H groups in total. The zero-order chi connectivity index (χ0) is 16.4. The molecule has 4 nitrogen and oxygen atoms in total. The van der Waals surface area contributed by atoms with Crippen molar-refractivity contribution >= 4 is 6.03 Å². The van der Waals surface area contributed by atoms with E-state index in [1.165, 1.54) is 12.1 Å². The maximum absolute atomic E-state index is 13.0. The fourth-order valence-corrected chi connectivity index (χ4v) is 3.57. The lowest BCUT2D eigenvalue weighted by Gasteiger charge is -2.25. The van der Waals surface area contributed by atoms with Crippen molar-refractivity contribution in [1.29, 1.82) is 0 Å². The van der Waals surface area contributed by atoms with E-state index >= 15 is 0 Å². The Labute approximate surface area is 136 Å². The minimum absolute atomic E-state index is 0.0307. The number of nitrogens with one attached hydrogen (secondary N) is 1. The average Bonchev–Trinajstić information content (AvgIpc) is 3.23. The number of halogens is 1. The van der Waals surface area contributed by atoms with E-state index in [2.05, 4.69) is 5.32 Å². The van der Waals surface area contributed by atoms with Crippen molar-refractivity contribution in [2.45, 2.75) is 43.6 Å². The Morgan fingerprint density at radius 2 is 2.04 bits per heavy atom. The van der Waals surface area contributed by atoms with Gasteiger partial charge < -0.3 is 15.3 Å². The van der Waals surface area contributed by atoms with Gasteiger partial charge in [0.15, 0.2) is 0 Å². The largest absolute Gasteiger partial charge is 0.393 e. The van der Waals surface area contributed by atoms with E-state index in [0.29, 0.717) is 13.1 Å². The Balaban J connectivity index is 1.51. The number of hydrogen-bond acceptors (Lipinski definition) is 2. The molecule has 1 aromatic carbocycles. The summed E-state index contributed by atoms with van der Waals surface area (Å²) in [6.45, 7) is 1.17. The molecule has 2 fully saturated rings. The summed E-state index contributed by atoms with van der Waals surface area (Å²) in [6, 6.07) is 6.48. The fraction of sp³-hybridized carbons (Fsp3) is 0.611. The van der Waals surface area contributed by atoms with Gasteiger partial charge >= 0.3 is 6.03 Å². The molecule has 1 aromatic rings. The van der Waals surface area contributed by atoms with Crippen molar-refractivity contribution in [3.8, 4) is 0 Å². The van der Waals surface area contributed by atoms with E-state index in [4.69, 9.17) is 0 Å². The third kappa shape index (κ3) is 3.66. The summed E-state index contributed by atoms with van der Waals surface area (Å²) >= 11 is 0. The van der Waals surface area contributed by atoms with E-state index < -0.39 is 0 Å². The highest BCUT2D eigenvalue weighted by Crippen LogP contribution is 2.47. The minimum atomic E-state index is -0.278. The molecule has 23 heavy (non-hydrogen) atoms. The van der Waals surface area contributed by atoms with Crippen molar-refractivity contribution in [3.05, 3.63) is 35.6 Å². The van der Waals surface area contributed by atoms with Gasteiger partial charge in [0.05, 0.1) is 6.10 Å². The van der Waals surface area contributed by atoms with Gasteiger partial charge in [0.2, 0.25) is 0 Å². The second kappa shape index (κ2) is 6.48. The van der Waals surface area contributed by atoms with Gasteiger partial charge in [0, 0.05) is 31.5 Å². The molecule has 0 heterocycles. The van der Waals surface area contributed by atoms with Crippen LogP contribution < -0.4 is 5.32 Å². The van der Waals surface area contributed by atoms with Crippen LogP contribution in [0.15, 0.2) is 24.3 Å². The summed E-state index contributed by atoms with van der Waals surface area (Å²) in [6.07, 6.45) is 4.62. The molecule has 2 aliphatic carbocycles. The number of aliphatic hydroxyl groups excluding tert-OH is 1. The van der Waals surface area contributed by atoms with Crippen molar-refractivity contribution in [2.75, 3.05) is 20.1 Å². The standard InChI is InChI=1S/C18H25FN2O2/c1-21(11-13-3-2-4-16(13)22)17(23)20-12-18(9-10-18)14-5-7-15(19)8-6-14/h5-8,13,16,22H,2-4,9-12H2,1H3,(H,20,23). The minimum Gasteiger partial charge on any atom is -0.393 e. The highest BCUT2D eigenvalue weighted by molar-refractivity contribution is 5.74. The maximum Gasteiger partial charge on any atom is 0.317 e. The number of nitrogens with zero attached hydrogens (tertiary/aromatic N) is 1. The van der Waals surface area contributed by atoms with Gasteiger partial charge in [-0.25, -0.2) is 9.18 Å². The number of hydrogen-bond donors (Lipinski definition) is 2. The topological polar surface area (TPSA) is 52.6 Å². The number of aliphatic hydroxyl groups is 1. The first-order valence-electron chi connectivity index (χ1n) is 8.43. The van der Waals surface area contributed by atoms with Gasteiger partial charge in [-0.1, -0.05) is 18.6 Å². The zero-order valence-electron chi connectivity index (χ0n) is 13.6. The summed E-state index contributed by atoms with van der Waals surface area (Å²) < 4.78 is 13.0. The summed E-state index contributed by atoms with van der Waals surface area (Å²) in [5, 5.41) is 12.9. The molecule has 0 bridgehead atoms. The van der Waals surface area contributed by atoms with Gasteiger partial charge in [-0.3, -0.25) is 0 Å². The van der Waals surface area contributed by atoms with Gasteiger partial charge in [0.25, 0.3) is 0 Å². The Morgan fingerprint density at radius 3 is 2.61 bits per heavy atom. The van der Waals surface area contributed by atoms with Crippen molar-refractivity contribution in [3.63, 3.8) is 0 Å². The summed E-state index contributed by atoms with van der Waals surface area (Å²) in [4.78, 5) is 13.9. The van der Waals surface area contributed by atoms with Crippen molar-refractivity contribution in [2.24, 2.45) is 5.92 Å². The zero-order valence-corrected chi connectivity index (χ0v) is 13.6. The molecule has 2 aliphatic rings. The fourth-order valence-electron chi connectivity index (χ4n) is 3.57. The van der Waals surface area contributed by atoms with Crippen LogP contribution in [0.4, 0.5) is 9.18 Å². The predicted octanol–water partition coefficient (Wildman–Crippen LogP) is 2.66. The third-order valence-electron chi connectivity index (χ3n) is 5.36. The molecule has 5 heteroatoms. The molecule has 3 rings (SSSR count). The lowest BCUT2D eigenvalue weighted by Crippen LogP contribution is -2.43. The first-order chi connectivity index (χ1) is 11.0. The molecule has 2 unspecified atom stereocenters. The highest BCUT2D eigenvalue weighted by Gasteiger charge is 2.44. The molecular weight excluding hydrogens is 295 g/mol. The highest BCUT2D eigenvalue weighted by atomic mass is 19.1. The molecule has 0 aliphatic heterocycles. The summed E-state index contributed by atoms with van der Waals surface area (Å²) in [5.74, 6) is -0.0406. The van der Waals surface area contributed by atoms with Crippen molar-refractivity contribution < 1.29 is 14.3 Å². The summed E-state index contributed by atoms with van der Waals surface area (Å²) in [7, 11) is 1.78. The average molecular weight is 320 g/mol. The van der Waals surface area contributed by atoms with E-state index in [1.807, 2.05) is 12.1 Å². The number of amides is 2. The number of carbonyl (C=O) groups excluding carboxylic acids is 1. The molecule has 0 aromatic heterocycles. The third-order valence-corrected chi connectivity index (χ3v) is 5.36. The van der Waals surface area contributed by atoms with Crippen LogP contribution in [0.2, 0.25) is 0 Å². The van der Waals surface area contributed by atoms with Crippen LogP contribution in [0.1, 0.15) is 37.7 Å². The van der Waals surface area contributed by atoms with E-state index in [0.717, 1.165) is 37.7 Å². The molecule has 126 valence electrons. The van der Waals surface area contributed by atoms with Gasteiger partial charge in [0.1, 0.15) is 5.82 Å². The molecule has 2 atom stereocenters. The molecule has 0 saturated heterocycles. The van der Waals surface area contributed by atoms with E-state index in [9.17, 15) is 14.3 Å². The predicted molar refractivity (Wildman–Crippen MR) is 86.7 cm³/mol. The molecule has 0 spiro atoms. The smallest absolute Gasteiger partial charge is 0.317 e. The van der Waals surface area contributed by atoms with Crippen LogP contribution in [0, 0.1) is 11.7 Å². The van der Waals surface area contributed by atoms with Gasteiger partial charge in [-0.15, -0.1) is 0 Å². The number of carbonyl (C=O) groups is 1. The van der Waals surface area contributed by atoms with Crippen LogP contribution in [-0.4, -0.2) is 42.3 Å². The van der Waals surface area contributed by atoms with Gasteiger partial charge in [-0.05, 0) is 43.4 Å². The number of benzene rings is 1. The van der Waals surface area contributed by atoms with Crippen LogP contribution in [0.5, 0.6) is 0 Å². The molecular formula is C18H25FN2O2. The molecule has 0 radical (unpaired) electrons. The first kappa shape index (κ1) is 16.2. The molecule has 2 amide bonds. The Bertz CT molecular complexity index is 557.